The zero-order chi connectivity index (χ0) is 14.9. The molecule has 2 rings (SSSR count). The average Bonchev–Trinajstić information content (AvgIpc) is 2.32. The highest BCUT2D eigenvalue weighted by molar-refractivity contribution is 6.30. The normalized spacial score (nSPS) is 17.5. The van der Waals surface area contributed by atoms with E-state index in [4.69, 9.17) is 16.7 Å². The minimum Gasteiger partial charge on any atom is -0.481 e. The van der Waals surface area contributed by atoms with Gasteiger partial charge in [-0.15, -0.1) is 0 Å². The topological polar surface area (TPSA) is 83.7 Å². The summed E-state index contributed by atoms with van der Waals surface area (Å²) in [5.41, 5.74) is 0.605. The molecule has 0 aromatic heterocycles. The number of benzene rings is 1. The van der Waals surface area contributed by atoms with Crippen LogP contribution < -0.4 is 0 Å². The second kappa shape index (κ2) is 5.76. The van der Waals surface area contributed by atoms with Crippen LogP contribution in [0.1, 0.15) is 12.5 Å². The molecule has 1 atom stereocenters. The molecular formula is C13H15ClN2O4. The van der Waals surface area contributed by atoms with Gasteiger partial charge in [0.2, 0.25) is 0 Å². The van der Waals surface area contributed by atoms with Crippen molar-refractivity contribution in [2.75, 3.05) is 13.1 Å². The van der Waals surface area contributed by atoms with Crippen molar-refractivity contribution in [2.24, 2.45) is 11.8 Å². The quantitative estimate of drug-likeness (QED) is 0.666. The average molecular weight is 299 g/mol. The fourth-order valence-corrected chi connectivity index (χ4v) is 2.55. The molecular weight excluding hydrogens is 284 g/mol. The SMILES string of the molecule is CC(C(=O)O)C1CN(Cc2cc(Cl)ccc2[N+](=O)[O-])C1. The lowest BCUT2D eigenvalue weighted by Gasteiger charge is -2.41. The number of hydrogen-bond acceptors (Lipinski definition) is 4. The van der Waals surface area contributed by atoms with Crippen molar-refractivity contribution >= 4 is 23.3 Å². The maximum atomic E-state index is 10.9. The first-order chi connectivity index (χ1) is 9.38. The zero-order valence-electron chi connectivity index (χ0n) is 11.0. The molecule has 1 fully saturated rings. The Hall–Kier alpha value is -1.66. The summed E-state index contributed by atoms with van der Waals surface area (Å²) < 4.78 is 0. The number of halogens is 1. The smallest absolute Gasteiger partial charge is 0.306 e. The van der Waals surface area contributed by atoms with Gasteiger partial charge < -0.3 is 5.11 Å². The lowest BCUT2D eigenvalue weighted by molar-refractivity contribution is -0.385. The van der Waals surface area contributed by atoms with E-state index in [1.165, 1.54) is 12.1 Å². The number of nitrogens with zero attached hydrogens (tertiary/aromatic N) is 2. The third kappa shape index (κ3) is 3.08. The molecule has 0 aliphatic carbocycles. The summed E-state index contributed by atoms with van der Waals surface area (Å²) in [6.07, 6.45) is 0. The molecule has 1 aromatic rings. The van der Waals surface area contributed by atoms with Gasteiger partial charge in [0.25, 0.3) is 5.69 Å². The first-order valence-corrected chi connectivity index (χ1v) is 6.64. The molecule has 1 aliphatic heterocycles. The van der Waals surface area contributed by atoms with Crippen molar-refractivity contribution in [1.82, 2.24) is 4.90 Å². The first kappa shape index (κ1) is 14.7. The standard InChI is InChI=1S/C13H15ClN2O4/c1-8(13(17)18)10-6-15(7-10)5-9-4-11(14)2-3-12(9)16(19)20/h2-4,8,10H,5-7H2,1H3,(H,17,18). The van der Waals surface area contributed by atoms with Crippen LogP contribution in [0, 0.1) is 22.0 Å². The molecule has 0 saturated carbocycles. The molecule has 20 heavy (non-hydrogen) atoms. The molecule has 1 aliphatic rings. The molecule has 7 heteroatoms. The fraction of sp³-hybridized carbons (Fsp3) is 0.462. The Kier molecular flexibility index (Phi) is 4.25. The maximum Gasteiger partial charge on any atom is 0.306 e. The van der Waals surface area contributed by atoms with Gasteiger partial charge >= 0.3 is 5.97 Å². The van der Waals surface area contributed by atoms with E-state index < -0.39 is 10.9 Å². The summed E-state index contributed by atoms with van der Waals surface area (Å²) in [6.45, 7) is 3.38. The molecule has 0 spiro atoms. The monoisotopic (exact) mass is 298 g/mol. The second-order valence-electron chi connectivity index (χ2n) is 5.11. The maximum absolute atomic E-state index is 10.9. The van der Waals surface area contributed by atoms with Gasteiger partial charge in [0.1, 0.15) is 0 Å². The highest BCUT2D eigenvalue weighted by Crippen LogP contribution is 2.29. The van der Waals surface area contributed by atoms with Crippen molar-refractivity contribution in [3.8, 4) is 0 Å². The van der Waals surface area contributed by atoms with Crippen LogP contribution in [0.15, 0.2) is 18.2 Å². The predicted octanol–water partition coefficient (Wildman–Crippen LogP) is 2.40. The summed E-state index contributed by atoms with van der Waals surface area (Å²) in [6, 6.07) is 4.48. The molecule has 0 bridgehead atoms. The van der Waals surface area contributed by atoms with Gasteiger partial charge in [-0.3, -0.25) is 19.8 Å². The Morgan fingerprint density at radius 1 is 1.60 bits per heavy atom. The number of rotatable bonds is 5. The molecule has 6 nitrogen and oxygen atoms in total. The number of nitro groups is 1. The Morgan fingerprint density at radius 3 is 2.80 bits per heavy atom. The highest BCUT2D eigenvalue weighted by Gasteiger charge is 2.35. The molecule has 0 amide bonds. The molecule has 1 N–H and O–H groups in total. The van der Waals surface area contributed by atoms with Crippen LogP contribution in [0.5, 0.6) is 0 Å². The lowest BCUT2D eigenvalue weighted by atomic mass is 9.87. The third-order valence-corrected chi connectivity index (χ3v) is 3.95. The van der Waals surface area contributed by atoms with Crippen LogP contribution in [-0.4, -0.2) is 34.0 Å². The number of carboxylic acid groups (broad SMARTS) is 1. The van der Waals surface area contributed by atoms with Gasteiger partial charge in [-0.05, 0) is 18.1 Å². The van der Waals surface area contributed by atoms with Gasteiger partial charge in [-0.25, -0.2) is 0 Å². The molecule has 0 radical (unpaired) electrons. The summed E-state index contributed by atoms with van der Waals surface area (Å²) in [7, 11) is 0. The van der Waals surface area contributed by atoms with E-state index in [1.807, 2.05) is 4.90 Å². The minimum atomic E-state index is -0.802. The van der Waals surface area contributed by atoms with E-state index >= 15 is 0 Å². The summed E-state index contributed by atoms with van der Waals surface area (Å²) in [4.78, 5) is 23.4. The van der Waals surface area contributed by atoms with Gasteiger partial charge in [0, 0.05) is 36.3 Å². The third-order valence-electron chi connectivity index (χ3n) is 3.71. The number of likely N-dealkylation sites (tertiary alicyclic amines) is 1. The van der Waals surface area contributed by atoms with Crippen molar-refractivity contribution in [3.63, 3.8) is 0 Å². The number of carboxylic acids is 1. The minimum absolute atomic E-state index is 0.0455. The van der Waals surface area contributed by atoms with Gasteiger partial charge in [0.05, 0.1) is 10.8 Å². The molecule has 108 valence electrons. The van der Waals surface area contributed by atoms with E-state index in [1.54, 1.807) is 13.0 Å². The van der Waals surface area contributed by atoms with E-state index in [0.29, 0.717) is 30.2 Å². The lowest BCUT2D eigenvalue weighted by Crippen LogP contribution is -2.50. The van der Waals surface area contributed by atoms with Crippen LogP contribution in [0.3, 0.4) is 0 Å². The molecule has 1 unspecified atom stereocenters. The summed E-state index contributed by atoms with van der Waals surface area (Å²) in [5, 5.41) is 20.3. The second-order valence-corrected chi connectivity index (χ2v) is 5.55. The molecule has 1 saturated heterocycles. The number of hydrogen-bond donors (Lipinski definition) is 1. The largest absolute Gasteiger partial charge is 0.481 e. The van der Waals surface area contributed by atoms with Crippen molar-refractivity contribution in [3.05, 3.63) is 38.9 Å². The van der Waals surface area contributed by atoms with Crippen LogP contribution >= 0.6 is 11.6 Å². The predicted molar refractivity (Wildman–Crippen MR) is 73.7 cm³/mol. The Morgan fingerprint density at radius 2 is 2.25 bits per heavy atom. The van der Waals surface area contributed by atoms with E-state index in [2.05, 4.69) is 0 Å². The Balaban J connectivity index is 2.01. The van der Waals surface area contributed by atoms with E-state index in [9.17, 15) is 14.9 Å². The van der Waals surface area contributed by atoms with Crippen LogP contribution in [0.25, 0.3) is 0 Å². The van der Waals surface area contributed by atoms with Crippen molar-refractivity contribution in [2.45, 2.75) is 13.5 Å². The first-order valence-electron chi connectivity index (χ1n) is 6.26. The highest BCUT2D eigenvalue weighted by atomic mass is 35.5. The van der Waals surface area contributed by atoms with Crippen LogP contribution in [-0.2, 0) is 11.3 Å². The van der Waals surface area contributed by atoms with Gasteiger partial charge in [-0.1, -0.05) is 18.5 Å². The van der Waals surface area contributed by atoms with Crippen LogP contribution in [0.4, 0.5) is 5.69 Å². The summed E-state index contributed by atoms with van der Waals surface area (Å²) >= 11 is 5.87. The summed E-state index contributed by atoms with van der Waals surface area (Å²) in [5.74, 6) is -1.09. The van der Waals surface area contributed by atoms with E-state index in [-0.39, 0.29) is 17.5 Å². The number of carbonyl (C=O) groups is 1. The van der Waals surface area contributed by atoms with E-state index in [0.717, 1.165) is 0 Å². The molecule has 1 aromatic carbocycles. The number of nitro benzene ring substituents is 1. The van der Waals surface area contributed by atoms with Crippen molar-refractivity contribution in [1.29, 1.82) is 0 Å². The van der Waals surface area contributed by atoms with Crippen molar-refractivity contribution < 1.29 is 14.8 Å². The molecule has 1 heterocycles. The van der Waals surface area contributed by atoms with Gasteiger partial charge in [-0.2, -0.15) is 0 Å². The fourth-order valence-electron chi connectivity index (χ4n) is 2.36. The zero-order valence-corrected chi connectivity index (χ0v) is 11.7. The Bertz CT molecular complexity index is 543. The Labute approximate surface area is 121 Å². The van der Waals surface area contributed by atoms with Gasteiger partial charge in [0.15, 0.2) is 0 Å². The van der Waals surface area contributed by atoms with Crippen LogP contribution in [0.2, 0.25) is 5.02 Å². The number of aliphatic carboxylic acids is 1.